The van der Waals surface area contributed by atoms with Crippen molar-refractivity contribution in [3.05, 3.63) is 40.1 Å². The fourth-order valence-electron chi connectivity index (χ4n) is 4.36. The summed E-state index contributed by atoms with van der Waals surface area (Å²) in [6.07, 6.45) is 5.72. The predicted molar refractivity (Wildman–Crippen MR) is 117 cm³/mol. The highest BCUT2D eigenvalue weighted by Crippen LogP contribution is 2.35. The molecule has 137 valence electrons. The Balaban J connectivity index is 2.85. The second kappa shape index (κ2) is 6.92. The Kier molecular flexibility index (Phi) is 5.60. The largest absolute Gasteiger partial charge is 0.497 e. The van der Waals surface area contributed by atoms with E-state index in [0.29, 0.717) is 0 Å². The molecule has 0 aliphatic heterocycles. The minimum Gasteiger partial charge on any atom is -0.497 e. The third-order valence-electron chi connectivity index (χ3n) is 5.52. The molecule has 2 rings (SSSR count). The van der Waals surface area contributed by atoms with E-state index < -0.39 is 16.9 Å². The highest BCUT2D eigenvalue weighted by molar-refractivity contribution is 6.96. The Morgan fingerprint density at radius 3 is 2.12 bits per heavy atom. The summed E-state index contributed by atoms with van der Waals surface area (Å²) < 4.78 is 6.14. The third kappa shape index (κ3) is 3.59. The Morgan fingerprint density at radius 2 is 1.72 bits per heavy atom. The minimum atomic E-state index is -1.77. The fourth-order valence-corrected chi connectivity index (χ4v) is 9.61. The van der Waals surface area contributed by atoms with Crippen molar-refractivity contribution < 1.29 is 4.74 Å². The van der Waals surface area contributed by atoms with Crippen molar-refractivity contribution in [2.24, 2.45) is 0 Å². The minimum absolute atomic E-state index is 0.0885. The van der Waals surface area contributed by atoms with Gasteiger partial charge >= 0.3 is 0 Å². The Hall–Kier alpha value is -1.07. The second-order valence-electron chi connectivity index (χ2n) is 9.17. The smallest absolute Gasteiger partial charge is 0.122 e. The van der Waals surface area contributed by atoms with Crippen LogP contribution in [0, 0.1) is 6.92 Å². The first-order chi connectivity index (χ1) is 11.4. The molecule has 1 nitrogen and oxygen atoms in total. The molecule has 0 unspecified atom stereocenters. The Morgan fingerprint density at radius 1 is 1.12 bits per heavy atom. The van der Waals surface area contributed by atoms with Gasteiger partial charge in [-0.2, -0.15) is 0 Å². The van der Waals surface area contributed by atoms with Gasteiger partial charge in [-0.25, -0.2) is 0 Å². The first kappa shape index (κ1) is 20.2. The van der Waals surface area contributed by atoms with Crippen molar-refractivity contribution in [2.45, 2.75) is 72.6 Å². The van der Waals surface area contributed by atoms with Crippen molar-refractivity contribution in [3.8, 4) is 5.75 Å². The first-order valence-corrected chi connectivity index (χ1v) is 14.8. The van der Waals surface area contributed by atoms with Crippen LogP contribution >= 0.6 is 0 Å². The number of aryl methyl sites for hydroxylation is 1. The average Bonchev–Trinajstić information content (AvgIpc) is 2.91. The zero-order chi connectivity index (χ0) is 19.2. The topological polar surface area (TPSA) is 9.23 Å². The van der Waals surface area contributed by atoms with Crippen molar-refractivity contribution in [3.63, 3.8) is 0 Å². The molecule has 0 heterocycles. The number of ether oxygens (including phenoxy) is 1. The molecule has 1 aromatic rings. The molecule has 0 spiro atoms. The number of hydrogen-bond donors (Lipinski definition) is 0. The maximum Gasteiger partial charge on any atom is 0.122 e. The van der Waals surface area contributed by atoms with E-state index in [-0.39, 0.29) is 5.41 Å². The first-order valence-electron chi connectivity index (χ1n) is 9.32. The Bertz CT molecular complexity index is 731. The van der Waals surface area contributed by atoms with Gasteiger partial charge in [-0.15, -0.1) is 0 Å². The summed E-state index contributed by atoms with van der Waals surface area (Å²) in [5.41, 5.74) is 4.47. The summed E-state index contributed by atoms with van der Waals surface area (Å²) in [4.78, 5) is 0. The molecular weight excluding hydrogens is 336 g/mol. The lowest BCUT2D eigenvalue weighted by Gasteiger charge is -2.35. The fraction of sp³-hybridized carbons (Fsp3) is 0.545. The van der Waals surface area contributed by atoms with Crippen molar-refractivity contribution in [2.75, 3.05) is 7.11 Å². The van der Waals surface area contributed by atoms with Gasteiger partial charge in [0.1, 0.15) is 13.8 Å². The maximum atomic E-state index is 6.14. The van der Waals surface area contributed by atoms with E-state index >= 15 is 0 Å². The van der Waals surface area contributed by atoms with Crippen LogP contribution < -0.4 is 15.1 Å². The molecule has 25 heavy (non-hydrogen) atoms. The van der Waals surface area contributed by atoms with Gasteiger partial charge < -0.3 is 4.74 Å². The predicted octanol–water partition coefficient (Wildman–Crippen LogP) is 4.99. The van der Waals surface area contributed by atoms with Crippen LogP contribution in [0.5, 0.6) is 5.75 Å². The molecule has 0 fully saturated rings. The van der Waals surface area contributed by atoms with E-state index in [4.69, 9.17) is 4.74 Å². The van der Waals surface area contributed by atoms with Gasteiger partial charge in [0.2, 0.25) is 0 Å². The second-order valence-corrected chi connectivity index (χ2v) is 16.1. The zero-order valence-corrected chi connectivity index (χ0v) is 19.8. The average molecular weight is 372 g/mol. The van der Waals surface area contributed by atoms with Crippen LogP contribution in [0.15, 0.2) is 29.0 Å². The van der Waals surface area contributed by atoms with E-state index in [1.54, 1.807) is 10.4 Å². The van der Waals surface area contributed by atoms with Crippen LogP contribution in [-0.4, -0.2) is 24.0 Å². The lowest BCUT2D eigenvalue weighted by atomic mass is 9.85. The van der Waals surface area contributed by atoms with Gasteiger partial charge in [-0.1, -0.05) is 86.7 Å². The molecule has 1 aromatic carbocycles. The number of rotatable bonds is 4. The molecule has 0 saturated heterocycles. The molecular formula is C22H35OSi2. The van der Waals surface area contributed by atoms with Crippen molar-refractivity contribution in [1.82, 2.24) is 0 Å². The van der Waals surface area contributed by atoms with Gasteiger partial charge in [-0.05, 0) is 36.4 Å². The molecule has 0 bridgehead atoms. The Labute approximate surface area is 157 Å². The lowest BCUT2D eigenvalue weighted by molar-refractivity contribution is 0.401. The van der Waals surface area contributed by atoms with E-state index in [9.17, 15) is 0 Å². The van der Waals surface area contributed by atoms with Crippen LogP contribution in [0.2, 0.25) is 26.2 Å². The van der Waals surface area contributed by atoms with E-state index in [1.165, 1.54) is 27.6 Å². The highest BCUT2D eigenvalue weighted by Gasteiger charge is 2.37. The van der Waals surface area contributed by atoms with Crippen LogP contribution in [0.1, 0.15) is 45.2 Å². The molecule has 0 amide bonds. The number of allylic oxidation sites excluding steroid dienone is 4. The summed E-state index contributed by atoms with van der Waals surface area (Å²) in [6.45, 7) is 21.4. The van der Waals surface area contributed by atoms with Gasteiger partial charge in [0.25, 0.3) is 0 Å². The van der Waals surface area contributed by atoms with Crippen LogP contribution in [0.25, 0.3) is 0 Å². The molecule has 1 aliphatic carbocycles. The summed E-state index contributed by atoms with van der Waals surface area (Å²) in [5.74, 6) is 1.17. The van der Waals surface area contributed by atoms with Gasteiger partial charge in [0.15, 0.2) is 0 Å². The third-order valence-corrected chi connectivity index (χ3v) is 11.0. The monoisotopic (exact) mass is 371 g/mol. The molecule has 1 aliphatic rings. The summed E-state index contributed by atoms with van der Waals surface area (Å²) >= 11 is 0. The van der Waals surface area contributed by atoms with Crippen LogP contribution in [0.3, 0.4) is 0 Å². The molecule has 0 saturated carbocycles. The SMILES string of the molecule is COc1c([Si](C)(C)C2=C(C)C=CC2)cc(C)c([Si](C)C)c1C(C)(C)C. The summed E-state index contributed by atoms with van der Waals surface area (Å²) in [5, 5.41) is 4.69. The standard InChI is InChI=1S/C22H35OSi2/c1-15-12-11-13-17(15)25(9,10)18-14-16(2)21(24(7)8)19(20(18)23-6)22(3,4)5/h11-12,14H,13H2,1-10H3. The molecule has 0 N–H and O–H groups in total. The maximum absolute atomic E-state index is 6.14. The van der Waals surface area contributed by atoms with Gasteiger partial charge in [0.05, 0.1) is 15.9 Å². The van der Waals surface area contributed by atoms with Gasteiger partial charge in [-0.3, -0.25) is 0 Å². The van der Waals surface area contributed by atoms with Crippen LogP contribution in [-0.2, 0) is 5.41 Å². The lowest BCUT2D eigenvalue weighted by Crippen LogP contribution is -2.48. The highest BCUT2D eigenvalue weighted by atomic mass is 28.3. The zero-order valence-electron chi connectivity index (χ0n) is 17.8. The van der Waals surface area contributed by atoms with Gasteiger partial charge in [0, 0.05) is 0 Å². The molecule has 0 atom stereocenters. The van der Waals surface area contributed by atoms with E-state index in [1.807, 2.05) is 7.11 Å². The number of hydrogen-bond acceptors (Lipinski definition) is 1. The summed E-state index contributed by atoms with van der Waals surface area (Å²) in [6, 6.07) is 2.46. The molecule has 1 radical (unpaired) electrons. The summed E-state index contributed by atoms with van der Waals surface area (Å²) in [7, 11) is -0.472. The number of benzene rings is 1. The van der Waals surface area contributed by atoms with E-state index in [2.05, 4.69) is 79.0 Å². The normalized spacial score (nSPS) is 15.5. The van der Waals surface area contributed by atoms with Crippen molar-refractivity contribution >= 4 is 27.2 Å². The molecule has 0 aromatic heterocycles. The van der Waals surface area contributed by atoms with E-state index in [0.717, 1.165) is 6.42 Å². The molecule has 3 heteroatoms. The van der Waals surface area contributed by atoms with Crippen LogP contribution in [0.4, 0.5) is 0 Å². The quantitative estimate of drug-likeness (QED) is 0.677. The number of methoxy groups -OCH3 is 1. The van der Waals surface area contributed by atoms with Crippen molar-refractivity contribution in [1.29, 1.82) is 0 Å².